The first-order chi connectivity index (χ1) is 6.09. The van der Waals surface area contributed by atoms with Crippen LogP contribution in [0.5, 0.6) is 0 Å². The number of benzene rings is 1. The molecule has 0 N–H and O–H groups in total. The van der Waals surface area contributed by atoms with Crippen LogP contribution in [0.25, 0.3) is 0 Å². The number of hydrogen-bond acceptors (Lipinski definition) is 1. The Balaban J connectivity index is 2.65. The van der Waals surface area contributed by atoms with Gasteiger partial charge in [-0.1, -0.05) is 28.1 Å². The maximum absolute atomic E-state index is 11.8. The third-order valence-corrected chi connectivity index (χ3v) is 2.06. The number of carbonyl (C=O) groups is 1. The SMILES string of the molecule is O=C(Cc1ccc(Br)cc1)C(F)F. The van der Waals surface area contributed by atoms with Gasteiger partial charge >= 0.3 is 0 Å². The van der Waals surface area contributed by atoms with Gasteiger partial charge in [-0.25, -0.2) is 8.78 Å². The van der Waals surface area contributed by atoms with Gasteiger partial charge in [0.25, 0.3) is 6.43 Å². The molecule has 0 atom stereocenters. The van der Waals surface area contributed by atoms with Crippen molar-refractivity contribution in [1.82, 2.24) is 0 Å². The van der Waals surface area contributed by atoms with Crippen LogP contribution in [-0.2, 0) is 11.2 Å². The van der Waals surface area contributed by atoms with Gasteiger partial charge in [0, 0.05) is 10.9 Å². The van der Waals surface area contributed by atoms with Crippen LogP contribution in [0.15, 0.2) is 28.7 Å². The molecule has 0 amide bonds. The van der Waals surface area contributed by atoms with Crippen molar-refractivity contribution in [3.8, 4) is 0 Å². The predicted molar refractivity (Wildman–Crippen MR) is 48.9 cm³/mol. The molecule has 13 heavy (non-hydrogen) atoms. The van der Waals surface area contributed by atoms with Crippen LogP contribution in [0.2, 0.25) is 0 Å². The van der Waals surface area contributed by atoms with E-state index in [1.54, 1.807) is 24.3 Å². The van der Waals surface area contributed by atoms with Gasteiger partial charge in [0.2, 0.25) is 5.78 Å². The summed E-state index contributed by atoms with van der Waals surface area (Å²) in [6, 6.07) is 6.72. The fourth-order valence-corrected chi connectivity index (χ4v) is 1.14. The fraction of sp³-hybridized carbons (Fsp3) is 0.222. The maximum Gasteiger partial charge on any atom is 0.296 e. The molecule has 0 heterocycles. The molecule has 0 saturated heterocycles. The molecule has 4 heteroatoms. The van der Waals surface area contributed by atoms with Crippen LogP contribution in [0.3, 0.4) is 0 Å². The third-order valence-electron chi connectivity index (χ3n) is 1.54. The van der Waals surface area contributed by atoms with Gasteiger partial charge in [-0.05, 0) is 17.7 Å². The molecule has 0 aliphatic heterocycles. The number of alkyl halides is 2. The standard InChI is InChI=1S/C9H7BrF2O/c10-7-3-1-6(2-4-7)5-8(13)9(11)12/h1-4,9H,5H2. The normalized spacial score (nSPS) is 10.5. The molecule has 0 aromatic heterocycles. The number of rotatable bonds is 3. The Morgan fingerprint density at radius 2 is 1.85 bits per heavy atom. The first-order valence-corrected chi connectivity index (χ1v) is 4.44. The number of ketones is 1. The Morgan fingerprint density at radius 1 is 1.31 bits per heavy atom. The number of halogens is 3. The van der Waals surface area contributed by atoms with E-state index in [2.05, 4.69) is 15.9 Å². The van der Waals surface area contributed by atoms with E-state index in [1.165, 1.54) is 0 Å². The van der Waals surface area contributed by atoms with Crippen LogP contribution in [0, 0.1) is 0 Å². The summed E-state index contributed by atoms with van der Waals surface area (Å²) in [5.41, 5.74) is 0.605. The summed E-state index contributed by atoms with van der Waals surface area (Å²) in [6.45, 7) is 0. The molecule has 1 aromatic rings. The Labute approximate surface area is 82.9 Å². The topological polar surface area (TPSA) is 17.1 Å². The van der Waals surface area contributed by atoms with Crippen molar-refractivity contribution in [3.63, 3.8) is 0 Å². The molecular formula is C9H7BrF2O. The van der Waals surface area contributed by atoms with Crippen molar-refractivity contribution in [1.29, 1.82) is 0 Å². The summed E-state index contributed by atoms with van der Waals surface area (Å²) in [4.78, 5) is 10.6. The zero-order valence-electron chi connectivity index (χ0n) is 6.64. The molecule has 1 rings (SSSR count). The maximum atomic E-state index is 11.8. The van der Waals surface area contributed by atoms with Gasteiger partial charge in [-0.3, -0.25) is 4.79 Å². The molecule has 0 spiro atoms. The van der Waals surface area contributed by atoms with E-state index in [0.29, 0.717) is 5.56 Å². The fourth-order valence-electron chi connectivity index (χ4n) is 0.881. The highest BCUT2D eigenvalue weighted by Gasteiger charge is 2.14. The first-order valence-electron chi connectivity index (χ1n) is 3.65. The lowest BCUT2D eigenvalue weighted by Gasteiger charge is -1.99. The summed E-state index contributed by atoms with van der Waals surface area (Å²) >= 11 is 3.21. The van der Waals surface area contributed by atoms with Crippen LogP contribution in [0.1, 0.15) is 5.56 Å². The Hall–Kier alpha value is -0.770. The van der Waals surface area contributed by atoms with Crippen LogP contribution in [0.4, 0.5) is 8.78 Å². The van der Waals surface area contributed by atoms with Crippen molar-refractivity contribution in [3.05, 3.63) is 34.3 Å². The Kier molecular flexibility index (Phi) is 3.54. The minimum absolute atomic E-state index is 0.203. The van der Waals surface area contributed by atoms with Gasteiger partial charge in [0.1, 0.15) is 0 Å². The molecule has 0 unspecified atom stereocenters. The zero-order valence-corrected chi connectivity index (χ0v) is 8.22. The molecule has 0 radical (unpaired) electrons. The molecule has 0 saturated carbocycles. The first kappa shape index (κ1) is 10.3. The summed E-state index contributed by atoms with van der Waals surface area (Å²) in [7, 11) is 0. The quantitative estimate of drug-likeness (QED) is 0.804. The van der Waals surface area contributed by atoms with Gasteiger partial charge < -0.3 is 0 Å². The van der Waals surface area contributed by atoms with E-state index in [0.717, 1.165) is 4.47 Å². The van der Waals surface area contributed by atoms with E-state index in [9.17, 15) is 13.6 Å². The highest BCUT2D eigenvalue weighted by molar-refractivity contribution is 9.10. The lowest BCUT2D eigenvalue weighted by atomic mass is 10.1. The largest absolute Gasteiger partial charge is 0.296 e. The van der Waals surface area contributed by atoms with Crippen molar-refractivity contribution < 1.29 is 13.6 Å². The van der Waals surface area contributed by atoms with E-state index < -0.39 is 12.2 Å². The summed E-state index contributed by atoms with van der Waals surface area (Å²) < 4.78 is 24.5. The molecule has 0 aliphatic rings. The minimum Gasteiger partial charge on any atom is -0.293 e. The molecule has 0 bridgehead atoms. The number of Topliss-reactive ketones (excluding diaryl/α,β-unsaturated/α-hetero) is 1. The minimum atomic E-state index is -2.87. The Bertz CT molecular complexity index is 295. The highest BCUT2D eigenvalue weighted by Crippen LogP contribution is 2.12. The van der Waals surface area contributed by atoms with Gasteiger partial charge in [-0.15, -0.1) is 0 Å². The average molecular weight is 249 g/mol. The van der Waals surface area contributed by atoms with Gasteiger partial charge in [0.15, 0.2) is 0 Å². The number of hydrogen-bond donors (Lipinski definition) is 0. The highest BCUT2D eigenvalue weighted by atomic mass is 79.9. The number of carbonyl (C=O) groups excluding carboxylic acids is 1. The van der Waals surface area contributed by atoms with Crippen LogP contribution < -0.4 is 0 Å². The van der Waals surface area contributed by atoms with Crippen molar-refractivity contribution in [2.75, 3.05) is 0 Å². The van der Waals surface area contributed by atoms with Gasteiger partial charge in [-0.2, -0.15) is 0 Å². The van der Waals surface area contributed by atoms with Crippen molar-refractivity contribution >= 4 is 21.7 Å². The molecule has 70 valence electrons. The summed E-state index contributed by atoms with van der Waals surface area (Å²) in [5, 5.41) is 0. The second kappa shape index (κ2) is 4.46. The second-order valence-corrected chi connectivity index (χ2v) is 3.49. The van der Waals surface area contributed by atoms with E-state index in [4.69, 9.17) is 0 Å². The van der Waals surface area contributed by atoms with Crippen LogP contribution >= 0.6 is 15.9 Å². The average Bonchev–Trinajstić information content (AvgIpc) is 2.08. The second-order valence-electron chi connectivity index (χ2n) is 2.57. The molecule has 0 fully saturated rings. The van der Waals surface area contributed by atoms with Crippen molar-refractivity contribution in [2.45, 2.75) is 12.8 Å². The molecular weight excluding hydrogens is 242 g/mol. The zero-order chi connectivity index (χ0) is 9.84. The molecule has 1 nitrogen and oxygen atoms in total. The van der Waals surface area contributed by atoms with E-state index in [-0.39, 0.29) is 6.42 Å². The summed E-state index contributed by atoms with van der Waals surface area (Å²) in [5.74, 6) is -1.04. The smallest absolute Gasteiger partial charge is 0.293 e. The monoisotopic (exact) mass is 248 g/mol. The Morgan fingerprint density at radius 3 is 2.31 bits per heavy atom. The van der Waals surface area contributed by atoms with Gasteiger partial charge in [0.05, 0.1) is 0 Å². The molecule has 1 aromatic carbocycles. The predicted octanol–water partition coefficient (Wildman–Crippen LogP) is 2.83. The van der Waals surface area contributed by atoms with Crippen molar-refractivity contribution in [2.24, 2.45) is 0 Å². The lowest BCUT2D eigenvalue weighted by molar-refractivity contribution is -0.128. The van der Waals surface area contributed by atoms with E-state index in [1.807, 2.05) is 0 Å². The third kappa shape index (κ3) is 3.22. The van der Waals surface area contributed by atoms with E-state index >= 15 is 0 Å². The van der Waals surface area contributed by atoms with Crippen LogP contribution in [-0.4, -0.2) is 12.2 Å². The lowest BCUT2D eigenvalue weighted by Crippen LogP contribution is -2.12. The summed E-state index contributed by atoms with van der Waals surface area (Å²) in [6.07, 6.45) is -3.08. The molecule has 0 aliphatic carbocycles.